The summed E-state index contributed by atoms with van der Waals surface area (Å²) in [5, 5.41) is 0.958. The molecule has 0 radical (unpaired) electrons. The van der Waals surface area contributed by atoms with Crippen molar-refractivity contribution >= 4 is 27.6 Å². The smallest absolute Gasteiger partial charge is 0.219 e. The van der Waals surface area contributed by atoms with Crippen molar-refractivity contribution in [3.63, 3.8) is 0 Å². The molecule has 146 valence electrons. The minimum absolute atomic E-state index is 0.0283. The van der Waals surface area contributed by atoms with Crippen molar-refractivity contribution in [2.45, 2.75) is 34.0 Å². The van der Waals surface area contributed by atoms with Gasteiger partial charge in [-0.2, -0.15) is 0 Å². The molecule has 0 atom stereocenters. The first-order valence-electron chi connectivity index (χ1n) is 11.8. The third kappa shape index (κ3) is 3.17. The summed E-state index contributed by atoms with van der Waals surface area (Å²) in [7, 11) is 1.71. The van der Waals surface area contributed by atoms with Crippen LogP contribution in [0.1, 0.15) is 37.4 Å². The quantitative estimate of drug-likeness (QED) is 0.285. The fourth-order valence-corrected chi connectivity index (χ4v) is 3.73. The highest BCUT2D eigenvalue weighted by atomic mass is 19.1. The van der Waals surface area contributed by atoms with Gasteiger partial charge >= 0.3 is 0 Å². The van der Waals surface area contributed by atoms with E-state index >= 15 is 4.39 Å². The van der Waals surface area contributed by atoms with E-state index in [4.69, 9.17) is 17.8 Å². The Kier molecular flexibility index (Phi) is 3.36. The number of aromatic nitrogens is 1. The molecule has 0 aliphatic rings. The van der Waals surface area contributed by atoms with E-state index in [9.17, 15) is 0 Å². The van der Waals surface area contributed by atoms with Crippen LogP contribution >= 0.6 is 0 Å². The standard InChI is InChI=1S/C25H24FN2O/c1-14(2)9-17-13-28(6)21(12-20(17)26)24-15(3)7-8-19-23-16(4)10-18(27-5)11-22(23)29-25(19)24/h7-8,10-14H,9H2,1-4,6H3/q+1/i4D3,9D2. The van der Waals surface area contributed by atoms with Crippen molar-refractivity contribution in [1.29, 1.82) is 0 Å². The monoisotopic (exact) mass is 392 g/mol. The molecule has 4 aromatic rings. The van der Waals surface area contributed by atoms with Crippen LogP contribution in [0.4, 0.5) is 10.1 Å². The van der Waals surface area contributed by atoms with Crippen LogP contribution in [-0.2, 0) is 13.4 Å². The number of pyridine rings is 1. The number of rotatable bonds is 3. The zero-order valence-electron chi connectivity index (χ0n) is 21.7. The lowest BCUT2D eigenvalue weighted by molar-refractivity contribution is -0.661. The van der Waals surface area contributed by atoms with Gasteiger partial charge in [-0.05, 0) is 43.3 Å². The SMILES string of the molecule is [2H]C([2H])([2H])c1cc([N+]#[C-])cc2oc3c(-c4cc(F)c(C([2H])([2H])C(C)C)c[n+]4C)c(C)ccc3c12. The minimum atomic E-state index is -2.46. The van der Waals surface area contributed by atoms with Gasteiger partial charge in [0, 0.05) is 23.7 Å². The van der Waals surface area contributed by atoms with Crippen LogP contribution in [0.5, 0.6) is 0 Å². The van der Waals surface area contributed by atoms with Crippen LogP contribution < -0.4 is 4.57 Å². The lowest BCUT2D eigenvalue weighted by Gasteiger charge is -2.09. The highest BCUT2D eigenvalue weighted by molar-refractivity contribution is 6.11. The van der Waals surface area contributed by atoms with E-state index < -0.39 is 25.0 Å². The van der Waals surface area contributed by atoms with Gasteiger partial charge in [0.15, 0.2) is 11.9 Å². The van der Waals surface area contributed by atoms with Crippen molar-refractivity contribution in [1.82, 2.24) is 0 Å². The largest absolute Gasteiger partial charge is 0.456 e. The molecule has 0 spiro atoms. The second-order valence-corrected chi connectivity index (χ2v) is 7.54. The van der Waals surface area contributed by atoms with Crippen molar-refractivity contribution in [2.75, 3.05) is 0 Å². The van der Waals surface area contributed by atoms with Gasteiger partial charge in [-0.15, -0.1) is 0 Å². The zero-order chi connectivity index (χ0) is 25.2. The van der Waals surface area contributed by atoms with Gasteiger partial charge in [0.1, 0.15) is 24.0 Å². The molecule has 0 bridgehead atoms. The first-order valence-corrected chi connectivity index (χ1v) is 9.35. The summed E-state index contributed by atoms with van der Waals surface area (Å²) in [5.74, 6) is -1.10. The van der Waals surface area contributed by atoms with Crippen LogP contribution in [0.3, 0.4) is 0 Å². The Labute approximate surface area is 177 Å². The predicted molar refractivity (Wildman–Crippen MR) is 115 cm³/mol. The van der Waals surface area contributed by atoms with Gasteiger partial charge in [0.25, 0.3) is 0 Å². The van der Waals surface area contributed by atoms with Gasteiger partial charge in [-0.1, -0.05) is 32.0 Å². The third-order valence-electron chi connectivity index (χ3n) is 4.99. The molecule has 2 aromatic heterocycles. The molecule has 0 N–H and O–H groups in total. The number of halogens is 1. The topological polar surface area (TPSA) is 21.4 Å². The molecular formula is C25H24FN2O+. The summed E-state index contributed by atoms with van der Waals surface area (Å²) in [5.41, 5.74) is 2.64. The molecule has 4 rings (SSSR count). The first-order chi connectivity index (χ1) is 15.8. The highest BCUT2D eigenvalue weighted by Gasteiger charge is 2.23. The highest BCUT2D eigenvalue weighted by Crippen LogP contribution is 2.39. The summed E-state index contributed by atoms with van der Waals surface area (Å²) < 4.78 is 63.6. The fourth-order valence-electron chi connectivity index (χ4n) is 3.73. The second-order valence-electron chi connectivity index (χ2n) is 7.54. The Balaban J connectivity index is 2.08. The van der Waals surface area contributed by atoms with Crippen LogP contribution in [0.2, 0.25) is 0 Å². The van der Waals surface area contributed by atoms with Gasteiger partial charge in [0.05, 0.1) is 17.7 Å². The van der Waals surface area contributed by atoms with Crippen LogP contribution in [0.15, 0.2) is 40.9 Å². The van der Waals surface area contributed by atoms with Crippen LogP contribution in [0, 0.1) is 32.1 Å². The number of furan rings is 1. The summed E-state index contributed by atoms with van der Waals surface area (Å²) in [6.07, 6.45) is -0.401. The predicted octanol–water partition coefficient (Wildman–Crippen LogP) is 6.58. The Morgan fingerprint density at radius 2 is 2.07 bits per heavy atom. The molecule has 4 heteroatoms. The maximum atomic E-state index is 15.2. The van der Waals surface area contributed by atoms with E-state index in [1.807, 2.05) is 13.0 Å². The van der Waals surface area contributed by atoms with Crippen molar-refractivity contribution < 1.29 is 20.2 Å². The number of nitrogens with zero attached hydrogens (tertiary/aromatic N) is 2. The summed E-state index contributed by atoms with van der Waals surface area (Å²) in [6.45, 7) is 10.1. The maximum Gasteiger partial charge on any atom is 0.219 e. The molecule has 0 aliphatic heterocycles. The van der Waals surface area contributed by atoms with Gasteiger partial charge in [-0.25, -0.2) is 13.8 Å². The number of hydrogen-bond acceptors (Lipinski definition) is 1. The lowest BCUT2D eigenvalue weighted by atomic mass is 9.98. The van der Waals surface area contributed by atoms with E-state index in [2.05, 4.69) is 4.85 Å². The van der Waals surface area contributed by atoms with Gasteiger partial charge < -0.3 is 4.42 Å². The van der Waals surface area contributed by atoms with Gasteiger partial charge in [-0.3, -0.25) is 0 Å². The molecule has 0 aliphatic carbocycles. The van der Waals surface area contributed by atoms with Crippen LogP contribution in [0.25, 0.3) is 38.0 Å². The molecule has 0 saturated carbocycles. The third-order valence-corrected chi connectivity index (χ3v) is 4.99. The molecule has 0 amide bonds. The molecule has 3 nitrogen and oxygen atoms in total. The molecular weight excluding hydrogens is 363 g/mol. The molecule has 0 unspecified atom stereocenters. The Morgan fingerprint density at radius 1 is 1.28 bits per heavy atom. The van der Waals surface area contributed by atoms with E-state index in [1.54, 1.807) is 31.5 Å². The Morgan fingerprint density at radius 3 is 2.76 bits per heavy atom. The van der Waals surface area contributed by atoms with E-state index in [0.717, 1.165) is 5.56 Å². The van der Waals surface area contributed by atoms with Crippen molar-refractivity contribution in [3.8, 4) is 11.3 Å². The molecule has 0 fully saturated rings. The Bertz CT molecular complexity index is 1500. The molecule has 29 heavy (non-hydrogen) atoms. The molecule has 2 aromatic carbocycles. The van der Waals surface area contributed by atoms with Crippen molar-refractivity contribution in [3.05, 3.63) is 70.5 Å². The average molecular weight is 393 g/mol. The fraction of sp³-hybridized carbons (Fsp3) is 0.280. The van der Waals surface area contributed by atoms with E-state index in [-0.39, 0.29) is 22.4 Å². The normalized spacial score (nSPS) is 15.0. The summed E-state index contributed by atoms with van der Waals surface area (Å²) in [4.78, 5) is 3.39. The second kappa shape index (κ2) is 7.00. The Hall–Kier alpha value is -3.19. The number of fused-ring (bicyclic) bond motifs is 3. The van der Waals surface area contributed by atoms with E-state index in [1.165, 1.54) is 24.4 Å². The maximum absolute atomic E-state index is 15.2. The minimum Gasteiger partial charge on any atom is -0.456 e. The lowest BCUT2D eigenvalue weighted by Crippen LogP contribution is -2.32. The summed E-state index contributed by atoms with van der Waals surface area (Å²) in [6, 6.07) is 7.75. The zero-order valence-corrected chi connectivity index (χ0v) is 16.7. The molecule has 0 saturated heterocycles. The van der Waals surface area contributed by atoms with Crippen molar-refractivity contribution in [2.24, 2.45) is 13.0 Å². The number of aryl methyl sites for hydroxylation is 3. The number of benzene rings is 2. The van der Waals surface area contributed by atoms with Gasteiger partial charge in [0.2, 0.25) is 5.69 Å². The number of hydrogen-bond donors (Lipinski definition) is 0. The molecule has 2 heterocycles. The first kappa shape index (κ1) is 13.9. The average Bonchev–Trinajstić information content (AvgIpc) is 3.11. The van der Waals surface area contributed by atoms with E-state index in [0.29, 0.717) is 27.6 Å². The summed E-state index contributed by atoms with van der Waals surface area (Å²) >= 11 is 0. The van der Waals surface area contributed by atoms with Crippen LogP contribution in [-0.4, -0.2) is 0 Å².